The maximum absolute atomic E-state index is 12.7. The number of amides is 1. The standard InChI is InChI=1S/C20H25ClN2O6S/c1-4-28-11-12-29-16-6-8-17(9-7-16)30(25,26)23(2)14-20(24)22-18-13-15(21)5-10-19(18)27-3/h5-10,13H,4,11-12,14H2,1-3H3,(H,22,24). The third-order valence-corrected chi connectivity index (χ3v) is 6.09. The molecule has 1 N–H and O–H groups in total. The van der Waals surface area contributed by atoms with Crippen LogP contribution < -0.4 is 14.8 Å². The van der Waals surface area contributed by atoms with E-state index in [1.54, 1.807) is 24.3 Å². The van der Waals surface area contributed by atoms with Crippen LogP contribution in [-0.4, -0.2) is 59.2 Å². The second-order valence-corrected chi connectivity index (χ2v) is 8.65. The van der Waals surface area contributed by atoms with E-state index in [4.69, 9.17) is 25.8 Å². The number of hydrogen-bond acceptors (Lipinski definition) is 6. The molecule has 10 heteroatoms. The normalized spacial score (nSPS) is 11.4. The van der Waals surface area contributed by atoms with Crippen molar-refractivity contribution in [2.45, 2.75) is 11.8 Å². The van der Waals surface area contributed by atoms with E-state index >= 15 is 0 Å². The number of benzene rings is 2. The average molecular weight is 457 g/mol. The van der Waals surface area contributed by atoms with Gasteiger partial charge in [0.1, 0.15) is 18.1 Å². The first-order chi connectivity index (χ1) is 14.3. The van der Waals surface area contributed by atoms with E-state index in [1.165, 1.54) is 32.4 Å². The molecule has 0 radical (unpaired) electrons. The topological polar surface area (TPSA) is 94.2 Å². The average Bonchev–Trinajstić information content (AvgIpc) is 2.71. The molecular weight excluding hydrogens is 432 g/mol. The fourth-order valence-corrected chi connectivity index (χ4v) is 3.80. The number of rotatable bonds is 11. The van der Waals surface area contributed by atoms with Crippen LogP contribution in [0, 0.1) is 0 Å². The first-order valence-electron chi connectivity index (χ1n) is 9.18. The molecule has 0 aromatic heterocycles. The lowest BCUT2D eigenvalue weighted by molar-refractivity contribution is -0.116. The summed E-state index contributed by atoms with van der Waals surface area (Å²) in [5.41, 5.74) is 0.356. The maximum atomic E-state index is 12.7. The predicted octanol–water partition coefficient (Wildman–Crippen LogP) is 3.02. The smallest absolute Gasteiger partial charge is 0.243 e. The highest BCUT2D eigenvalue weighted by Gasteiger charge is 2.23. The Morgan fingerprint density at radius 3 is 2.47 bits per heavy atom. The number of carbonyl (C=O) groups excluding carboxylic acids is 1. The van der Waals surface area contributed by atoms with Crippen LogP contribution in [-0.2, 0) is 19.6 Å². The van der Waals surface area contributed by atoms with Crippen LogP contribution in [0.1, 0.15) is 6.92 Å². The number of anilines is 1. The van der Waals surface area contributed by atoms with Crippen molar-refractivity contribution in [1.29, 1.82) is 0 Å². The van der Waals surface area contributed by atoms with Gasteiger partial charge in [0.25, 0.3) is 0 Å². The lowest BCUT2D eigenvalue weighted by Gasteiger charge is -2.18. The number of methoxy groups -OCH3 is 1. The number of nitrogens with one attached hydrogen (secondary N) is 1. The van der Waals surface area contributed by atoms with Crippen molar-refractivity contribution in [2.24, 2.45) is 0 Å². The fourth-order valence-electron chi connectivity index (χ4n) is 2.51. The second kappa shape index (κ2) is 11.2. The largest absolute Gasteiger partial charge is 0.495 e. The van der Waals surface area contributed by atoms with Crippen LogP contribution in [0.5, 0.6) is 11.5 Å². The summed E-state index contributed by atoms with van der Waals surface area (Å²) in [5, 5.41) is 3.03. The summed E-state index contributed by atoms with van der Waals surface area (Å²) in [6.45, 7) is 2.93. The fraction of sp³-hybridized carbons (Fsp3) is 0.350. The number of sulfonamides is 1. The zero-order valence-corrected chi connectivity index (χ0v) is 18.6. The summed E-state index contributed by atoms with van der Waals surface area (Å²) in [5.74, 6) is 0.415. The Morgan fingerprint density at radius 1 is 1.13 bits per heavy atom. The molecule has 2 rings (SSSR count). The summed E-state index contributed by atoms with van der Waals surface area (Å²) in [6.07, 6.45) is 0. The molecule has 30 heavy (non-hydrogen) atoms. The predicted molar refractivity (Wildman–Crippen MR) is 115 cm³/mol. The minimum Gasteiger partial charge on any atom is -0.495 e. The van der Waals surface area contributed by atoms with Crippen molar-refractivity contribution >= 4 is 33.2 Å². The first kappa shape index (κ1) is 23.9. The highest BCUT2D eigenvalue weighted by Crippen LogP contribution is 2.27. The van der Waals surface area contributed by atoms with Crippen molar-refractivity contribution in [3.63, 3.8) is 0 Å². The molecular formula is C20H25ClN2O6S. The molecule has 0 aliphatic rings. The first-order valence-corrected chi connectivity index (χ1v) is 11.0. The number of nitrogens with zero attached hydrogens (tertiary/aromatic N) is 1. The number of hydrogen-bond donors (Lipinski definition) is 1. The molecule has 0 bridgehead atoms. The third kappa shape index (κ3) is 6.60. The van der Waals surface area contributed by atoms with Gasteiger partial charge < -0.3 is 19.5 Å². The zero-order valence-electron chi connectivity index (χ0n) is 17.1. The molecule has 0 heterocycles. The van der Waals surface area contributed by atoms with Crippen molar-refractivity contribution in [3.05, 3.63) is 47.5 Å². The highest BCUT2D eigenvalue weighted by molar-refractivity contribution is 7.89. The van der Waals surface area contributed by atoms with E-state index in [0.717, 1.165) is 4.31 Å². The van der Waals surface area contributed by atoms with Gasteiger partial charge in [-0.2, -0.15) is 4.31 Å². The van der Waals surface area contributed by atoms with Gasteiger partial charge in [0.2, 0.25) is 15.9 Å². The van der Waals surface area contributed by atoms with E-state index < -0.39 is 15.9 Å². The third-order valence-electron chi connectivity index (χ3n) is 4.03. The van der Waals surface area contributed by atoms with Crippen LogP contribution in [0.25, 0.3) is 0 Å². The van der Waals surface area contributed by atoms with E-state index in [-0.39, 0.29) is 11.4 Å². The number of carbonyl (C=O) groups is 1. The van der Waals surface area contributed by atoms with Crippen LogP contribution >= 0.6 is 11.6 Å². The minimum absolute atomic E-state index is 0.0512. The van der Waals surface area contributed by atoms with Gasteiger partial charge in [-0.25, -0.2) is 8.42 Å². The summed E-state index contributed by atoms with van der Waals surface area (Å²) < 4.78 is 42.3. The Bertz CT molecular complexity index is 950. The molecule has 0 saturated carbocycles. The number of halogens is 1. The molecule has 1 amide bonds. The van der Waals surface area contributed by atoms with Gasteiger partial charge in [0, 0.05) is 18.7 Å². The molecule has 0 saturated heterocycles. The van der Waals surface area contributed by atoms with E-state index in [0.29, 0.717) is 42.0 Å². The molecule has 0 atom stereocenters. The lowest BCUT2D eigenvalue weighted by atomic mass is 10.3. The van der Waals surface area contributed by atoms with E-state index in [9.17, 15) is 13.2 Å². The molecule has 8 nitrogen and oxygen atoms in total. The van der Waals surface area contributed by atoms with E-state index in [1.807, 2.05) is 6.92 Å². The Kier molecular flexibility index (Phi) is 8.91. The van der Waals surface area contributed by atoms with Gasteiger partial charge in [-0.05, 0) is 49.4 Å². The van der Waals surface area contributed by atoms with Crippen molar-refractivity contribution < 1.29 is 27.4 Å². The molecule has 0 aliphatic heterocycles. The molecule has 0 spiro atoms. The van der Waals surface area contributed by atoms with Gasteiger partial charge in [-0.1, -0.05) is 11.6 Å². The summed E-state index contributed by atoms with van der Waals surface area (Å²) in [6, 6.07) is 10.7. The Balaban J connectivity index is 2.00. The minimum atomic E-state index is -3.86. The lowest BCUT2D eigenvalue weighted by Crippen LogP contribution is -2.35. The van der Waals surface area contributed by atoms with Crippen LogP contribution in [0.3, 0.4) is 0 Å². The maximum Gasteiger partial charge on any atom is 0.243 e. The van der Waals surface area contributed by atoms with Crippen molar-refractivity contribution in [3.8, 4) is 11.5 Å². The molecule has 0 fully saturated rings. The van der Waals surface area contributed by atoms with Gasteiger partial charge in [-0.15, -0.1) is 0 Å². The SMILES string of the molecule is CCOCCOc1ccc(S(=O)(=O)N(C)CC(=O)Nc2cc(Cl)ccc2OC)cc1. The van der Waals surface area contributed by atoms with Gasteiger partial charge in [0.15, 0.2) is 0 Å². The molecule has 0 aliphatic carbocycles. The molecule has 2 aromatic carbocycles. The Labute approximate surface area is 181 Å². The summed E-state index contributed by atoms with van der Waals surface area (Å²) >= 11 is 5.95. The molecule has 2 aromatic rings. The van der Waals surface area contributed by atoms with Gasteiger partial charge in [-0.3, -0.25) is 4.79 Å². The van der Waals surface area contributed by atoms with E-state index in [2.05, 4.69) is 5.32 Å². The Hall–Kier alpha value is -2.33. The van der Waals surface area contributed by atoms with Gasteiger partial charge in [0.05, 0.1) is 30.8 Å². The Morgan fingerprint density at radius 2 is 1.83 bits per heavy atom. The monoisotopic (exact) mass is 456 g/mol. The number of likely N-dealkylation sites (N-methyl/N-ethyl adjacent to an activating group) is 1. The quantitative estimate of drug-likeness (QED) is 0.522. The highest BCUT2D eigenvalue weighted by atomic mass is 35.5. The van der Waals surface area contributed by atoms with Crippen molar-refractivity contribution in [1.82, 2.24) is 4.31 Å². The van der Waals surface area contributed by atoms with Crippen LogP contribution in [0.2, 0.25) is 5.02 Å². The molecule has 0 unspecified atom stereocenters. The zero-order chi connectivity index (χ0) is 22.1. The molecule has 164 valence electrons. The summed E-state index contributed by atoms with van der Waals surface area (Å²) in [4.78, 5) is 12.4. The van der Waals surface area contributed by atoms with Gasteiger partial charge >= 0.3 is 0 Å². The summed E-state index contributed by atoms with van der Waals surface area (Å²) in [7, 11) is -1.07. The number of ether oxygens (including phenoxy) is 3. The van der Waals surface area contributed by atoms with Crippen molar-refractivity contribution in [2.75, 3.05) is 45.8 Å². The van der Waals surface area contributed by atoms with Crippen LogP contribution in [0.4, 0.5) is 5.69 Å². The second-order valence-electron chi connectivity index (χ2n) is 6.17. The van der Waals surface area contributed by atoms with Crippen LogP contribution in [0.15, 0.2) is 47.4 Å².